The molecule has 32 heavy (non-hydrogen) atoms. The lowest BCUT2D eigenvalue weighted by molar-refractivity contribution is 0.0931. The van der Waals surface area contributed by atoms with Gasteiger partial charge >= 0.3 is 0 Å². The SMILES string of the molecule is CCc1cccc(-c2nc(-c3ccccc3)n(CC)c2C(=O)NC(C)c2ccccc2)c1. The molecule has 1 aromatic heterocycles. The van der Waals surface area contributed by atoms with Gasteiger partial charge in [0.25, 0.3) is 5.91 Å². The molecule has 1 heterocycles. The van der Waals surface area contributed by atoms with Crippen molar-refractivity contribution in [2.75, 3.05) is 0 Å². The molecule has 0 saturated carbocycles. The molecular weight excluding hydrogens is 394 g/mol. The van der Waals surface area contributed by atoms with Gasteiger partial charge in [0.15, 0.2) is 0 Å². The van der Waals surface area contributed by atoms with Crippen LogP contribution in [0.2, 0.25) is 0 Å². The Morgan fingerprint density at radius 2 is 1.56 bits per heavy atom. The molecule has 1 unspecified atom stereocenters. The van der Waals surface area contributed by atoms with E-state index in [-0.39, 0.29) is 11.9 Å². The summed E-state index contributed by atoms with van der Waals surface area (Å²) in [7, 11) is 0. The molecule has 4 nitrogen and oxygen atoms in total. The van der Waals surface area contributed by atoms with Crippen molar-refractivity contribution >= 4 is 5.91 Å². The van der Waals surface area contributed by atoms with Crippen LogP contribution in [-0.2, 0) is 13.0 Å². The molecule has 0 spiro atoms. The van der Waals surface area contributed by atoms with Crippen LogP contribution in [0.4, 0.5) is 0 Å². The zero-order valence-corrected chi connectivity index (χ0v) is 18.9. The van der Waals surface area contributed by atoms with Gasteiger partial charge in [0.2, 0.25) is 0 Å². The van der Waals surface area contributed by atoms with Gasteiger partial charge in [0.05, 0.1) is 6.04 Å². The predicted molar refractivity (Wildman–Crippen MR) is 130 cm³/mol. The summed E-state index contributed by atoms with van der Waals surface area (Å²) in [4.78, 5) is 18.6. The minimum Gasteiger partial charge on any atom is -0.344 e. The number of aryl methyl sites for hydroxylation is 1. The van der Waals surface area contributed by atoms with Gasteiger partial charge in [-0.15, -0.1) is 0 Å². The monoisotopic (exact) mass is 423 g/mol. The zero-order chi connectivity index (χ0) is 22.5. The average molecular weight is 424 g/mol. The van der Waals surface area contributed by atoms with Crippen molar-refractivity contribution in [1.82, 2.24) is 14.9 Å². The van der Waals surface area contributed by atoms with Crippen LogP contribution in [0.15, 0.2) is 84.9 Å². The number of nitrogens with zero attached hydrogens (tertiary/aromatic N) is 2. The molecule has 0 aliphatic carbocycles. The standard InChI is InChI=1S/C28H29N3O/c1-4-21-13-12-18-24(19-21)25-26(28(32)29-20(3)22-14-8-6-9-15-22)31(5-2)27(30-25)23-16-10-7-11-17-23/h6-20H,4-5H2,1-3H3,(H,29,32). The number of aromatic nitrogens is 2. The van der Waals surface area contributed by atoms with E-state index >= 15 is 0 Å². The number of carbonyl (C=O) groups is 1. The van der Waals surface area contributed by atoms with E-state index in [2.05, 4.69) is 31.3 Å². The maximum Gasteiger partial charge on any atom is 0.270 e. The van der Waals surface area contributed by atoms with Crippen LogP contribution in [-0.4, -0.2) is 15.5 Å². The Morgan fingerprint density at radius 3 is 2.22 bits per heavy atom. The van der Waals surface area contributed by atoms with E-state index in [4.69, 9.17) is 4.98 Å². The van der Waals surface area contributed by atoms with Crippen molar-refractivity contribution in [3.05, 3.63) is 102 Å². The summed E-state index contributed by atoms with van der Waals surface area (Å²) in [5.41, 5.74) is 5.57. The molecule has 0 fully saturated rings. The number of benzene rings is 3. The van der Waals surface area contributed by atoms with Crippen molar-refractivity contribution in [3.8, 4) is 22.6 Å². The maximum atomic E-state index is 13.6. The molecule has 4 aromatic rings. The molecule has 1 atom stereocenters. The van der Waals surface area contributed by atoms with Crippen molar-refractivity contribution in [1.29, 1.82) is 0 Å². The molecule has 0 aliphatic rings. The van der Waals surface area contributed by atoms with Crippen molar-refractivity contribution in [2.45, 2.75) is 39.8 Å². The van der Waals surface area contributed by atoms with Crippen LogP contribution >= 0.6 is 0 Å². The van der Waals surface area contributed by atoms with Gasteiger partial charge in [-0.05, 0) is 37.5 Å². The molecule has 0 radical (unpaired) electrons. The Bertz CT molecular complexity index is 1200. The summed E-state index contributed by atoms with van der Waals surface area (Å²) in [6.45, 7) is 6.84. The first-order valence-electron chi connectivity index (χ1n) is 11.2. The lowest BCUT2D eigenvalue weighted by Gasteiger charge is -2.16. The highest BCUT2D eigenvalue weighted by Gasteiger charge is 2.25. The van der Waals surface area contributed by atoms with Gasteiger partial charge in [0.1, 0.15) is 17.2 Å². The Kier molecular flexibility index (Phi) is 6.50. The highest BCUT2D eigenvalue weighted by atomic mass is 16.2. The van der Waals surface area contributed by atoms with Gasteiger partial charge in [-0.2, -0.15) is 0 Å². The lowest BCUT2D eigenvalue weighted by atomic mass is 10.0. The molecule has 0 bridgehead atoms. The number of nitrogens with one attached hydrogen (secondary N) is 1. The molecule has 0 saturated heterocycles. The zero-order valence-electron chi connectivity index (χ0n) is 18.9. The maximum absolute atomic E-state index is 13.6. The van der Waals surface area contributed by atoms with Gasteiger partial charge in [-0.25, -0.2) is 4.98 Å². The fourth-order valence-electron chi connectivity index (χ4n) is 4.03. The molecule has 0 aliphatic heterocycles. The largest absolute Gasteiger partial charge is 0.344 e. The van der Waals surface area contributed by atoms with E-state index in [0.717, 1.165) is 34.6 Å². The third-order valence-corrected chi connectivity index (χ3v) is 5.79. The van der Waals surface area contributed by atoms with Gasteiger partial charge in [-0.3, -0.25) is 4.79 Å². The number of hydrogen-bond acceptors (Lipinski definition) is 2. The minimum atomic E-state index is -0.116. The minimum absolute atomic E-state index is 0.112. The summed E-state index contributed by atoms with van der Waals surface area (Å²) in [6, 6.07) is 28.3. The van der Waals surface area contributed by atoms with Crippen LogP contribution in [0, 0.1) is 0 Å². The van der Waals surface area contributed by atoms with Crippen LogP contribution in [0.25, 0.3) is 22.6 Å². The quantitative estimate of drug-likeness (QED) is 0.380. The third-order valence-electron chi connectivity index (χ3n) is 5.79. The van der Waals surface area contributed by atoms with Crippen LogP contribution in [0.3, 0.4) is 0 Å². The summed E-state index contributed by atoms with van der Waals surface area (Å²) < 4.78 is 2.02. The first kappa shape index (κ1) is 21.6. The second-order valence-electron chi connectivity index (χ2n) is 7.90. The molecular formula is C28H29N3O. The Labute approximate surface area is 190 Å². The first-order valence-corrected chi connectivity index (χ1v) is 11.2. The van der Waals surface area contributed by atoms with Gasteiger partial charge < -0.3 is 9.88 Å². The molecule has 162 valence electrons. The number of carbonyl (C=O) groups excluding carboxylic acids is 1. The van der Waals surface area contributed by atoms with Gasteiger partial charge in [0, 0.05) is 17.7 Å². The van der Waals surface area contributed by atoms with E-state index in [1.807, 2.05) is 84.3 Å². The van der Waals surface area contributed by atoms with Crippen molar-refractivity contribution in [2.24, 2.45) is 0 Å². The second kappa shape index (κ2) is 9.65. The Balaban J connectivity index is 1.83. The first-order chi connectivity index (χ1) is 15.6. The van der Waals surface area contributed by atoms with E-state index in [9.17, 15) is 4.79 Å². The molecule has 1 amide bonds. The van der Waals surface area contributed by atoms with E-state index in [1.165, 1.54) is 5.56 Å². The normalized spacial score (nSPS) is 11.8. The summed E-state index contributed by atoms with van der Waals surface area (Å²) >= 11 is 0. The fourth-order valence-corrected chi connectivity index (χ4v) is 4.03. The molecule has 3 aromatic carbocycles. The topological polar surface area (TPSA) is 46.9 Å². The van der Waals surface area contributed by atoms with E-state index in [0.29, 0.717) is 12.2 Å². The Morgan fingerprint density at radius 1 is 0.906 bits per heavy atom. The van der Waals surface area contributed by atoms with Crippen LogP contribution in [0.5, 0.6) is 0 Å². The lowest BCUT2D eigenvalue weighted by Crippen LogP contribution is -2.29. The number of amides is 1. The van der Waals surface area contributed by atoms with Crippen LogP contribution in [0.1, 0.15) is 48.4 Å². The summed E-state index contributed by atoms with van der Waals surface area (Å²) in [6.07, 6.45) is 0.931. The second-order valence-corrected chi connectivity index (χ2v) is 7.90. The fraction of sp³-hybridized carbons (Fsp3) is 0.214. The Hall–Kier alpha value is -3.66. The van der Waals surface area contributed by atoms with Crippen molar-refractivity contribution in [3.63, 3.8) is 0 Å². The van der Waals surface area contributed by atoms with Crippen molar-refractivity contribution < 1.29 is 4.79 Å². The highest BCUT2D eigenvalue weighted by molar-refractivity contribution is 5.99. The molecule has 1 N–H and O–H groups in total. The predicted octanol–water partition coefficient (Wildman–Crippen LogP) is 6.29. The average Bonchev–Trinajstić information content (AvgIpc) is 3.25. The third kappa shape index (κ3) is 4.35. The molecule has 4 rings (SSSR count). The number of imidazole rings is 1. The highest BCUT2D eigenvalue weighted by Crippen LogP contribution is 2.30. The smallest absolute Gasteiger partial charge is 0.270 e. The number of rotatable bonds is 7. The van der Waals surface area contributed by atoms with Crippen LogP contribution < -0.4 is 5.32 Å². The van der Waals surface area contributed by atoms with Gasteiger partial charge in [-0.1, -0.05) is 85.8 Å². The summed E-state index contributed by atoms with van der Waals surface area (Å²) in [5.74, 6) is 0.692. The van der Waals surface area contributed by atoms with E-state index < -0.39 is 0 Å². The number of hydrogen-bond donors (Lipinski definition) is 1. The molecule has 4 heteroatoms. The summed E-state index contributed by atoms with van der Waals surface area (Å²) in [5, 5.41) is 3.19. The van der Waals surface area contributed by atoms with E-state index in [1.54, 1.807) is 0 Å².